The average molecular weight is 371 g/mol. The fourth-order valence-electron chi connectivity index (χ4n) is 3.56. The summed E-state index contributed by atoms with van der Waals surface area (Å²) in [6.07, 6.45) is 2.39. The molecule has 0 aliphatic carbocycles. The summed E-state index contributed by atoms with van der Waals surface area (Å²) in [5, 5.41) is 10.6. The molecule has 0 spiro atoms. The number of hydrogen-bond acceptors (Lipinski definition) is 5. The van der Waals surface area contributed by atoms with E-state index < -0.39 is 0 Å². The van der Waals surface area contributed by atoms with E-state index in [1.54, 1.807) is 0 Å². The zero-order valence-corrected chi connectivity index (χ0v) is 16.1. The van der Waals surface area contributed by atoms with E-state index in [1.807, 2.05) is 50.2 Å². The highest BCUT2D eigenvalue weighted by Crippen LogP contribution is 2.26. The number of carbonyl (C=O) groups is 1. The lowest BCUT2D eigenvalue weighted by atomic mass is 9.81. The zero-order chi connectivity index (χ0) is 19.1. The maximum Gasteiger partial charge on any atom is 0.220 e. The number of amides is 1. The average Bonchev–Trinajstić information content (AvgIpc) is 3.09. The van der Waals surface area contributed by atoms with Gasteiger partial charge in [-0.15, -0.1) is 0 Å². The number of hydrogen-bond donors (Lipinski definition) is 2. The molecule has 2 aromatic rings. The number of piperidine rings is 1. The number of benzene rings is 1. The Bertz CT molecular complexity index is 714. The lowest BCUT2D eigenvalue weighted by molar-refractivity contribution is -0.123. The van der Waals surface area contributed by atoms with Gasteiger partial charge in [-0.1, -0.05) is 23.4 Å². The Labute approximate surface area is 160 Å². The van der Waals surface area contributed by atoms with Crippen molar-refractivity contribution in [1.82, 2.24) is 15.8 Å². The first-order chi connectivity index (χ1) is 13.1. The number of para-hydroxylation sites is 1. The van der Waals surface area contributed by atoms with Gasteiger partial charge in [0.25, 0.3) is 0 Å². The third-order valence-corrected chi connectivity index (χ3v) is 4.87. The predicted molar refractivity (Wildman–Crippen MR) is 103 cm³/mol. The first-order valence-electron chi connectivity index (χ1n) is 9.72. The lowest BCUT2D eigenvalue weighted by Gasteiger charge is -2.31. The van der Waals surface area contributed by atoms with E-state index in [4.69, 9.17) is 9.26 Å². The monoisotopic (exact) mass is 371 g/mol. The van der Waals surface area contributed by atoms with Crippen LogP contribution in [0.15, 0.2) is 40.9 Å². The van der Waals surface area contributed by atoms with Crippen molar-refractivity contribution in [3.05, 3.63) is 47.9 Å². The second-order valence-electron chi connectivity index (χ2n) is 7.53. The van der Waals surface area contributed by atoms with Crippen LogP contribution in [-0.2, 0) is 17.8 Å². The Balaban J connectivity index is 1.53. The van der Waals surface area contributed by atoms with Crippen LogP contribution < -0.4 is 15.4 Å². The third kappa shape index (κ3) is 6.10. The molecule has 1 aromatic carbocycles. The molecule has 0 saturated carbocycles. The molecule has 2 N–H and O–H groups in total. The molecule has 0 radical (unpaired) electrons. The Morgan fingerprint density at radius 3 is 2.93 bits per heavy atom. The van der Waals surface area contributed by atoms with Crippen LogP contribution in [0.5, 0.6) is 5.75 Å². The second kappa shape index (κ2) is 9.55. The summed E-state index contributed by atoms with van der Waals surface area (Å²) in [6.45, 7) is 6.21. The minimum atomic E-state index is 0.138. The fraction of sp³-hybridized carbons (Fsp3) is 0.524. The van der Waals surface area contributed by atoms with E-state index in [0.29, 0.717) is 30.6 Å². The molecule has 3 rings (SSSR count). The van der Waals surface area contributed by atoms with Gasteiger partial charge in [-0.25, -0.2) is 0 Å². The second-order valence-corrected chi connectivity index (χ2v) is 7.53. The molecule has 1 amide bonds. The molecule has 2 atom stereocenters. The number of ether oxygens (including phenoxy) is 1. The van der Waals surface area contributed by atoms with Gasteiger partial charge in [0.05, 0.1) is 5.69 Å². The van der Waals surface area contributed by atoms with Gasteiger partial charge in [0.2, 0.25) is 5.91 Å². The molecule has 1 aromatic heterocycles. The molecular formula is C21H29N3O3. The van der Waals surface area contributed by atoms with Crippen molar-refractivity contribution in [3.8, 4) is 5.75 Å². The summed E-state index contributed by atoms with van der Waals surface area (Å²) in [7, 11) is 0. The van der Waals surface area contributed by atoms with E-state index in [2.05, 4.69) is 15.8 Å². The van der Waals surface area contributed by atoms with Crippen LogP contribution in [0.2, 0.25) is 0 Å². The zero-order valence-electron chi connectivity index (χ0n) is 16.1. The van der Waals surface area contributed by atoms with E-state index >= 15 is 0 Å². The molecule has 6 heteroatoms. The standard InChI is InChI=1S/C21H29N3O3/c1-15(2)23-21(25)11-16-8-9-22-13-17(16)10-18-12-20(27-24-18)14-26-19-6-4-3-5-7-19/h3-7,12,15-17,22H,8-11,13-14H2,1-2H3,(H,23,25). The topological polar surface area (TPSA) is 76.4 Å². The first kappa shape index (κ1) is 19.4. The van der Waals surface area contributed by atoms with Crippen molar-refractivity contribution in [2.75, 3.05) is 13.1 Å². The molecule has 1 fully saturated rings. The van der Waals surface area contributed by atoms with Crippen LogP contribution in [0, 0.1) is 11.8 Å². The Kier molecular flexibility index (Phi) is 6.87. The van der Waals surface area contributed by atoms with Crippen molar-refractivity contribution in [1.29, 1.82) is 0 Å². The molecule has 27 heavy (non-hydrogen) atoms. The Hall–Kier alpha value is -2.34. The third-order valence-electron chi connectivity index (χ3n) is 4.87. The van der Waals surface area contributed by atoms with Gasteiger partial charge in [-0.3, -0.25) is 4.79 Å². The number of nitrogens with zero attached hydrogens (tertiary/aromatic N) is 1. The molecular weight excluding hydrogens is 342 g/mol. The van der Waals surface area contributed by atoms with Crippen LogP contribution in [0.3, 0.4) is 0 Å². The van der Waals surface area contributed by atoms with Gasteiger partial charge in [-0.05, 0) is 63.7 Å². The molecule has 1 saturated heterocycles. The molecule has 1 aliphatic heterocycles. The van der Waals surface area contributed by atoms with Crippen molar-refractivity contribution in [3.63, 3.8) is 0 Å². The van der Waals surface area contributed by atoms with Crippen molar-refractivity contribution in [2.24, 2.45) is 11.8 Å². The van der Waals surface area contributed by atoms with Gasteiger partial charge in [0.1, 0.15) is 12.4 Å². The van der Waals surface area contributed by atoms with Gasteiger partial charge >= 0.3 is 0 Å². The summed E-state index contributed by atoms with van der Waals surface area (Å²) in [5.74, 6) is 2.41. The highest BCUT2D eigenvalue weighted by atomic mass is 16.5. The maximum atomic E-state index is 12.2. The minimum Gasteiger partial charge on any atom is -0.486 e. The Morgan fingerprint density at radius 2 is 2.15 bits per heavy atom. The number of aromatic nitrogens is 1. The quantitative estimate of drug-likeness (QED) is 0.746. The lowest BCUT2D eigenvalue weighted by Crippen LogP contribution is -2.41. The van der Waals surface area contributed by atoms with Crippen molar-refractivity contribution >= 4 is 5.91 Å². The van der Waals surface area contributed by atoms with Crippen LogP contribution in [0.1, 0.15) is 38.1 Å². The highest BCUT2D eigenvalue weighted by molar-refractivity contribution is 5.76. The van der Waals surface area contributed by atoms with E-state index in [9.17, 15) is 4.79 Å². The van der Waals surface area contributed by atoms with Gasteiger partial charge in [0.15, 0.2) is 5.76 Å². The summed E-state index contributed by atoms with van der Waals surface area (Å²) < 4.78 is 11.1. The summed E-state index contributed by atoms with van der Waals surface area (Å²) in [5.41, 5.74) is 0.921. The molecule has 146 valence electrons. The molecule has 6 nitrogen and oxygen atoms in total. The van der Waals surface area contributed by atoms with Crippen LogP contribution in [0.25, 0.3) is 0 Å². The van der Waals surface area contributed by atoms with Crippen LogP contribution >= 0.6 is 0 Å². The number of nitrogens with one attached hydrogen (secondary N) is 2. The molecule has 0 bridgehead atoms. The number of carbonyl (C=O) groups excluding carboxylic acids is 1. The summed E-state index contributed by atoms with van der Waals surface area (Å²) >= 11 is 0. The van der Waals surface area contributed by atoms with Crippen LogP contribution in [0.4, 0.5) is 0 Å². The van der Waals surface area contributed by atoms with Crippen molar-refractivity contribution in [2.45, 2.75) is 45.8 Å². The van der Waals surface area contributed by atoms with E-state index in [1.165, 1.54) is 0 Å². The largest absolute Gasteiger partial charge is 0.486 e. The normalized spacial score (nSPS) is 19.8. The molecule has 1 aliphatic rings. The molecule has 2 unspecified atom stereocenters. The molecule has 2 heterocycles. The minimum absolute atomic E-state index is 0.138. The van der Waals surface area contributed by atoms with Crippen LogP contribution in [-0.4, -0.2) is 30.2 Å². The fourth-order valence-corrected chi connectivity index (χ4v) is 3.56. The predicted octanol–water partition coefficient (Wildman–Crippen LogP) is 2.94. The summed E-state index contributed by atoms with van der Waals surface area (Å²) in [4.78, 5) is 12.2. The maximum absolute atomic E-state index is 12.2. The van der Waals surface area contributed by atoms with Gasteiger partial charge < -0.3 is 19.9 Å². The van der Waals surface area contributed by atoms with E-state index in [-0.39, 0.29) is 11.9 Å². The van der Waals surface area contributed by atoms with Gasteiger partial charge in [0, 0.05) is 18.5 Å². The highest BCUT2D eigenvalue weighted by Gasteiger charge is 2.28. The van der Waals surface area contributed by atoms with E-state index in [0.717, 1.165) is 37.4 Å². The Morgan fingerprint density at radius 1 is 1.33 bits per heavy atom. The smallest absolute Gasteiger partial charge is 0.220 e. The summed E-state index contributed by atoms with van der Waals surface area (Å²) in [6, 6.07) is 11.8. The van der Waals surface area contributed by atoms with Gasteiger partial charge in [-0.2, -0.15) is 0 Å². The number of rotatable bonds is 8. The first-order valence-corrected chi connectivity index (χ1v) is 9.72. The van der Waals surface area contributed by atoms with Crippen molar-refractivity contribution < 1.29 is 14.1 Å². The SMILES string of the molecule is CC(C)NC(=O)CC1CCNCC1Cc1cc(COc2ccccc2)on1.